The fraction of sp³-hybridized carbons (Fsp3) is 0.278. The van der Waals surface area contributed by atoms with Crippen LogP contribution in [0.3, 0.4) is 0 Å². The van der Waals surface area contributed by atoms with Gasteiger partial charge in [-0.2, -0.15) is 0 Å². The van der Waals surface area contributed by atoms with E-state index in [9.17, 15) is 4.79 Å². The summed E-state index contributed by atoms with van der Waals surface area (Å²) in [4.78, 5) is 14.8. The van der Waals surface area contributed by atoms with E-state index >= 15 is 0 Å². The van der Waals surface area contributed by atoms with Gasteiger partial charge in [0, 0.05) is 17.8 Å². The highest BCUT2D eigenvalue weighted by molar-refractivity contribution is 5.95. The number of carbonyl (C=O) groups is 1. The first-order valence-electron chi connectivity index (χ1n) is 7.78. The molecule has 2 aliphatic heterocycles. The number of nitrogens with zero attached hydrogens (tertiary/aromatic N) is 1. The van der Waals surface area contributed by atoms with Gasteiger partial charge in [0.15, 0.2) is 11.5 Å². The Hall–Kier alpha value is -2.69. The summed E-state index contributed by atoms with van der Waals surface area (Å²) in [5.74, 6) is 1.55. The zero-order chi connectivity index (χ0) is 15.8. The molecule has 1 saturated heterocycles. The third-order valence-electron chi connectivity index (χ3n) is 4.43. The number of likely N-dealkylation sites (tertiary alicyclic amines) is 1. The van der Waals surface area contributed by atoms with E-state index in [4.69, 9.17) is 15.2 Å². The standard InChI is InChI=1S/C18H18N2O3/c19-14-4-1-3-13(9-14)18(21)20-8-2-5-15(20)12-6-7-16-17(10-12)23-11-22-16/h1,3-4,6-7,9-10,15H,2,5,8,11,19H2. The maximum atomic E-state index is 12.8. The van der Waals surface area contributed by atoms with Gasteiger partial charge in [-0.1, -0.05) is 12.1 Å². The third-order valence-corrected chi connectivity index (χ3v) is 4.43. The van der Waals surface area contributed by atoms with Crippen LogP contribution in [0, 0.1) is 0 Å². The average molecular weight is 310 g/mol. The summed E-state index contributed by atoms with van der Waals surface area (Å²) in [7, 11) is 0. The van der Waals surface area contributed by atoms with Crippen molar-refractivity contribution in [2.24, 2.45) is 0 Å². The van der Waals surface area contributed by atoms with E-state index in [0.29, 0.717) is 11.3 Å². The Labute approximate surface area is 134 Å². The van der Waals surface area contributed by atoms with E-state index in [2.05, 4.69) is 0 Å². The number of nitrogen functional groups attached to an aromatic ring is 1. The summed E-state index contributed by atoms with van der Waals surface area (Å²) in [6.07, 6.45) is 1.95. The molecular formula is C18H18N2O3. The Morgan fingerprint density at radius 1 is 1.13 bits per heavy atom. The first-order valence-corrected chi connectivity index (χ1v) is 7.78. The van der Waals surface area contributed by atoms with Crippen molar-refractivity contribution in [3.8, 4) is 11.5 Å². The minimum Gasteiger partial charge on any atom is -0.454 e. The molecule has 0 spiro atoms. The van der Waals surface area contributed by atoms with E-state index in [0.717, 1.165) is 36.4 Å². The van der Waals surface area contributed by atoms with Crippen LogP contribution in [0.15, 0.2) is 42.5 Å². The Balaban J connectivity index is 1.63. The number of benzene rings is 2. The van der Waals surface area contributed by atoms with Crippen LogP contribution in [0.5, 0.6) is 11.5 Å². The highest BCUT2D eigenvalue weighted by Crippen LogP contribution is 2.39. The molecule has 4 rings (SSSR count). The molecule has 1 atom stereocenters. The van der Waals surface area contributed by atoms with Gasteiger partial charge in [0.2, 0.25) is 6.79 Å². The lowest BCUT2D eigenvalue weighted by molar-refractivity contribution is 0.0735. The van der Waals surface area contributed by atoms with Crippen LogP contribution in [0.4, 0.5) is 5.69 Å². The monoisotopic (exact) mass is 310 g/mol. The summed E-state index contributed by atoms with van der Waals surface area (Å²) in [6, 6.07) is 13.1. The zero-order valence-electron chi connectivity index (χ0n) is 12.7. The van der Waals surface area contributed by atoms with E-state index in [1.165, 1.54) is 0 Å². The van der Waals surface area contributed by atoms with Gasteiger partial charge in [-0.25, -0.2) is 0 Å². The second-order valence-corrected chi connectivity index (χ2v) is 5.89. The fourth-order valence-electron chi connectivity index (χ4n) is 3.31. The minimum absolute atomic E-state index is 0.0254. The van der Waals surface area contributed by atoms with E-state index < -0.39 is 0 Å². The molecule has 0 radical (unpaired) electrons. The highest BCUT2D eigenvalue weighted by Gasteiger charge is 2.31. The minimum atomic E-state index is 0.0254. The lowest BCUT2D eigenvalue weighted by Gasteiger charge is -2.25. The van der Waals surface area contributed by atoms with Crippen molar-refractivity contribution in [1.29, 1.82) is 0 Å². The molecule has 0 saturated carbocycles. The van der Waals surface area contributed by atoms with Gasteiger partial charge in [-0.3, -0.25) is 4.79 Å². The second kappa shape index (κ2) is 5.50. The van der Waals surface area contributed by atoms with Crippen molar-refractivity contribution in [2.45, 2.75) is 18.9 Å². The quantitative estimate of drug-likeness (QED) is 0.866. The topological polar surface area (TPSA) is 64.8 Å². The molecule has 0 aliphatic carbocycles. The SMILES string of the molecule is Nc1cccc(C(=O)N2CCCC2c2ccc3c(c2)OCO3)c1. The van der Waals surface area contributed by atoms with E-state index in [1.807, 2.05) is 35.2 Å². The van der Waals surface area contributed by atoms with Crippen molar-refractivity contribution in [3.63, 3.8) is 0 Å². The van der Waals surface area contributed by atoms with Gasteiger partial charge >= 0.3 is 0 Å². The number of ether oxygens (including phenoxy) is 2. The molecule has 5 heteroatoms. The van der Waals surface area contributed by atoms with Crippen LogP contribution in [0.1, 0.15) is 34.8 Å². The van der Waals surface area contributed by atoms with Gasteiger partial charge in [0.05, 0.1) is 6.04 Å². The first kappa shape index (κ1) is 13.9. The Kier molecular flexibility index (Phi) is 3.33. The molecule has 23 heavy (non-hydrogen) atoms. The molecule has 0 aromatic heterocycles. The molecule has 5 nitrogen and oxygen atoms in total. The number of rotatable bonds is 2. The van der Waals surface area contributed by atoms with Crippen LogP contribution in [0.2, 0.25) is 0 Å². The van der Waals surface area contributed by atoms with Crippen molar-refractivity contribution in [2.75, 3.05) is 19.1 Å². The summed E-state index contributed by atoms with van der Waals surface area (Å²) in [5.41, 5.74) is 8.13. The third kappa shape index (κ3) is 2.48. The molecule has 2 aromatic carbocycles. The summed E-state index contributed by atoms with van der Waals surface area (Å²) in [6.45, 7) is 1.02. The fourth-order valence-corrected chi connectivity index (χ4v) is 3.31. The Morgan fingerprint density at radius 3 is 2.87 bits per heavy atom. The molecule has 2 aromatic rings. The molecule has 1 amide bonds. The smallest absolute Gasteiger partial charge is 0.254 e. The highest BCUT2D eigenvalue weighted by atomic mass is 16.7. The van der Waals surface area contributed by atoms with Gasteiger partial charge in [-0.15, -0.1) is 0 Å². The number of hydrogen-bond donors (Lipinski definition) is 1. The number of carbonyl (C=O) groups excluding carboxylic acids is 1. The number of hydrogen-bond acceptors (Lipinski definition) is 4. The van der Waals surface area contributed by atoms with Crippen LogP contribution in [-0.4, -0.2) is 24.1 Å². The zero-order valence-corrected chi connectivity index (χ0v) is 12.7. The number of fused-ring (bicyclic) bond motifs is 1. The number of anilines is 1. The summed E-state index contributed by atoms with van der Waals surface area (Å²) < 4.78 is 10.8. The Bertz CT molecular complexity index is 760. The molecule has 2 N–H and O–H groups in total. The summed E-state index contributed by atoms with van der Waals surface area (Å²) in [5, 5.41) is 0. The molecule has 2 aliphatic rings. The van der Waals surface area contributed by atoms with Gasteiger partial charge in [-0.05, 0) is 48.7 Å². The maximum absolute atomic E-state index is 12.8. The lowest BCUT2D eigenvalue weighted by atomic mass is 10.0. The number of nitrogens with two attached hydrogens (primary N) is 1. The van der Waals surface area contributed by atoms with Gasteiger partial charge < -0.3 is 20.1 Å². The molecule has 2 heterocycles. The van der Waals surface area contributed by atoms with Crippen LogP contribution in [0.25, 0.3) is 0 Å². The van der Waals surface area contributed by atoms with Crippen molar-refractivity contribution >= 4 is 11.6 Å². The van der Waals surface area contributed by atoms with Crippen LogP contribution in [-0.2, 0) is 0 Å². The van der Waals surface area contributed by atoms with Crippen molar-refractivity contribution < 1.29 is 14.3 Å². The maximum Gasteiger partial charge on any atom is 0.254 e. The summed E-state index contributed by atoms with van der Waals surface area (Å²) >= 11 is 0. The lowest BCUT2D eigenvalue weighted by Crippen LogP contribution is -2.30. The van der Waals surface area contributed by atoms with Crippen LogP contribution >= 0.6 is 0 Å². The molecule has 1 unspecified atom stereocenters. The largest absolute Gasteiger partial charge is 0.454 e. The second-order valence-electron chi connectivity index (χ2n) is 5.89. The molecule has 1 fully saturated rings. The average Bonchev–Trinajstić information content (AvgIpc) is 3.22. The molecule has 118 valence electrons. The predicted molar refractivity (Wildman–Crippen MR) is 86.4 cm³/mol. The van der Waals surface area contributed by atoms with Crippen molar-refractivity contribution in [3.05, 3.63) is 53.6 Å². The normalized spacial score (nSPS) is 19.1. The van der Waals surface area contributed by atoms with E-state index in [-0.39, 0.29) is 18.7 Å². The first-order chi connectivity index (χ1) is 11.2. The molecular weight excluding hydrogens is 292 g/mol. The van der Waals surface area contributed by atoms with Gasteiger partial charge in [0.25, 0.3) is 5.91 Å². The van der Waals surface area contributed by atoms with Gasteiger partial charge in [0.1, 0.15) is 0 Å². The number of amides is 1. The Morgan fingerprint density at radius 2 is 2.00 bits per heavy atom. The van der Waals surface area contributed by atoms with Crippen LogP contribution < -0.4 is 15.2 Å². The van der Waals surface area contributed by atoms with Crippen molar-refractivity contribution in [1.82, 2.24) is 4.90 Å². The molecule has 0 bridgehead atoms. The predicted octanol–water partition coefficient (Wildman–Crippen LogP) is 2.97. The van der Waals surface area contributed by atoms with E-state index in [1.54, 1.807) is 12.1 Å².